The molecule has 0 spiro atoms. The van der Waals surface area contributed by atoms with Crippen LogP contribution >= 0.6 is 0 Å². The summed E-state index contributed by atoms with van der Waals surface area (Å²) in [5.41, 5.74) is 1.09. The lowest BCUT2D eigenvalue weighted by Crippen LogP contribution is -2.48. The molecular weight excluding hydrogens is 269 g/mol. The van der Waals surface area contributed by atoms with Gasteiger partial charge in [0.2, 0.25) is 0 Å². The lowest BCUT2D eigenvalue weighted by molar-refractivity contribution is 0.151. The van der Waals surface area contributed by atoms with Gasteiger partial charge >= 0.3 is 6.03 Å². The van der Waals surface area contributed by atoms with Crippen molar-refractivity contribution in [2.45, 2.75) is 31.8 Å². The van der Waals surface area contributed by atoms with Crippen LogP contribution in [0.15, 0.2) is 24.3 Å². The first-order valence-corrected chi connectivity index (χ1v) is 7.45. The minimum absolute atomic E-state index is 0.0834. The number of hydrogen-bond acceptors (Lipinski definition) is 2. The van der Waals surface area contributed by atoms with Crippen molar-refractivity contribution in [3.63, 3.8) is 0 Å². The fourth-order valence-corrected chi connectivity index (χ4v) is 2.72. The maximum absolute atomic E-state index is 12.9. The predicted octanol–water partition coefficient (Wildman–Crippen LogP) is 2.62. The average molecular weight is 293 g/mol. The second-order valence-corrected chi connectivity index (χ2v) is 5.88. The van der Waals surface area contributed by atoms with Crippen LogP contribution in [0, 0.1) is 5.82 Å². The number of carbonyl (C=O) groups is 1. The van der Waals surface area contributed by atoms with Crippen LogP contribution in [-0.2, 0) is 0 Å². The summed E-state index contributed by atoms with van der Waals surface area (Å²) < 4.78 is 12.9. The molecule has 1 heterocycles. The quantitative estimate of drug-likeness (QED) is 0.930. The topological polar surface area (TPSA) is 35.6 Å². The van der Waals surface area contributed by atoms with Crippen LogP contribution < -0.4 is 5.32 Å². The standard InChI is InChI=1S/C16H24FN3O/c1-12(13-4-6-14(17)7-5-13)18-15-8-10-20(11-9-15)16(21)19(2)3/h4-7,12,15,18H,8-11H2,1-3H3. The number of urea groups is 1. The number of amides is 2. The minimum atomic E-state index is -0.207. The molecule has 1 aromatic carbocycles. The van der Waals surface area contributed by atoms with Crippen molar-refractivity contribution < 1.29 is 9.18 Å². The third-order valence-electron chi connectivity index (χ3n) is 4.00. The van der Waals surface area contributed by atoms with E-state index in [2.05, 4.69) is 12.2 Å². The van der Waals surface area contributed by atoms with Crippen molar-refractivity contribution in [2.75, 3.05) is 27.2 Å². The van der Waals surface area contributed by atoms with Gasteiger partial charge in [0.15, 0.2) is 0 Å². The van der Waals surface area contributed by atoms with Crippen molar-refractivity contribution in [3.8, 4) is 0 Å². The Hall–Kier alpha value is -1.62. The Kier molecular flexibility index (Phi) is 5.17. The molecule has 1 aliphatic rings. The highest BCUT2D eigenvalue weighted by atomic mass is 19.1. The smallest absolute Gasteiger partial charge is 0.319 e. The van der Waals surface area contributed by atoms with Gasteiger partial charge in [0.25, 0.3) is 0 Å². The molecule has 2 amide bonds. The highest BCUT2D eigenvalue weighted by Crippen LogP contribution is 2.18. The molecular formula is C16H24FN3O. The Morgan fingerprint density at radius 1 is 1.29 bits per heavy atom. The van der Waals surface area contributed by atoms with Gasteiger partial charge in [-0.3, -0.25) is 0 Å². The van der Waals surface area contributed by atoms with Gasteiger partial charge in [-0.15, -0.1) is 0 Å². The number of nitrogens with zero attached hydrogens (tertiary/aromatic N) is 2. The number of rotatable bonds is 3. The van der Waals surface area contributed by atoms with E-state index in [1.165, 1.54) is 12.1 Å². The summed E-state index contributed by atoms with van der Waals surface area (Å²) in [6, 6.07) is 7.29. The Balaban J connectivity index is 1.83. The normalized spacial score (nSPS) is 17.6. The molecule has 0 aliphatic carbocycles. The fourth-order valence-electron chi connectivity index (χ4n) is 2.72. The minimum Gasteiger partial charge on any atom is -0.331 e. The van der Waals surface area contributed by atoms with Crippen molar-refractivity contribution in [3.05, 3.63) is 35.6 Å². The monoisotopic (exact) mass is 293 g/mol. The number of nitrogens with one attached hydrogen (secondary N) is 1. The molecule has 1 fully saturated rings. The maximum Gasteiger partial charge on any atom is 0.319 e. The summed E-state index contributed by atoms with van der Waals surface area (Å²) in [6.07, 6.45) is 1.90. The average Bonchev–Trinajstić information content (AvgIpc) is 2.47. The van der Waals surface area contributed by atoms with E-state index in [1.807, 2.05) is 17.0 Å². The maximum atomic E-state index is 12.9. The molecule has 2 rings (SSSR count). The molecule has 1 atom stereocenters. The largest absolute Gasteiger partial charge is 0.331 e. The van der Waals surface area contributed by atoms with Crippen molar-refractivity contribution in [2.24, 2.45) is 0 Å². The molecule has 0 radical (unpaired) electrons. The molecule has 4 nitrogen and oxygen atoms in total. The van der Waals surface area contributed by atoms with Gasteiger partial charge in [0.05, 0.1) is 0 Å². The van der Waals surface area contributed by atoms with E-state index in [1.54, 1.807) is 19.0 Å². The Morgan fingerprint density at radius 2 is 1.86 bits per heavy atom. The molecule has 0 saturated carbocycles. The van der Waals surface area contributed by atoms with E-state index in [-0.39, 0.29) is 17.9 Å². The van der Waals surface area contributed by atoms with Crippen LogP contribution in [-0.4, -0.2) is 49.1 Å². The summed E-state index contributed by atoms with van der Waals surface area (Å²) in [5.74, 6) is -0.207. The molecule has 1 N–H and O–H groups in total. The van der Waals surface area contributed by atoms with Crippen molar-refractivity contribution in [1.82, 2.24) is 15.1 Å². The van der Waals surface area contributed by atoms with E-state index >= 15 is 0 Å². The molecule has 0 bridgehead atoms. The van der Waals surface area contributed by atoms with Gasteiger partial charge in [-0.1, -0.05) is 12.1 Å². The zero-order valence-electron chi connectivity index (χ0n) is 13.0. The van der Waals surface area contributed by atoms with Gasteiger partial charge in [-0.2, -0.15) is 0 Å². The van der Waals surface area contributed by atoms with Gasteiger partial charge < -0.3 is 15.1 Å². The highest BCUT2D eigenvalue weighted by Gasteiger charge is 2.24. The number of carbonyl (C=O) groups excluding carboxylic acids is 1. The third-order valence-corrected chi connectivity index (χ3v) is 4.00. The third kappa shape index (κ3) is 4.17. The number of halogens is 1. The zero-order chi connectivity index (χ0) is 15.4. The Labute approximate surface area is 125 Å². The van der Waals surface area contributed by atoms with E-state index in [4.69, 9.17) is 0 Å². The van der Waals surface area contributed by atoms with Gasteiger partial charge in [0.1, 0.15) is 5.82 Å². The lowest BCUT2D eigenvalue weighted by Gasteiger charge is -2.35. The first-order chi connectivity index (χ1) is 9.97. The van der Waals surface area contributed by atoms with Crippen LogP contribution in [0.4, 0.5) is 9.18 Å². The fraction of sp³-hybridized carbons (Fsp3) is 0.562. The zero-order valence-corrected chi connectivity index (χ0v) is 13.0. The first kappa shape index (κ1) is 15.8. The molecule has 0 aromatic heterocycles. The summed E-state index contributed by atoms with van der Waals surface area (Å²) in [7, 11) is 3.56. The van der Waals surface area contributed by atoms with E-state index in [0.29, 0.717) is 6.04 Å². The van der Waals surface area contributed by atoms with Gasteiger partial charge in [-0.05, 0) is 37.5 Å². The molecule has 1 aromatic rings. The summed E-state index contributed by atoms with van der Waals surface area (Å²) >= 11 is 0. The molecule has 1 saturated heterocycles. The van der Waals surface area contributed by atoms with Crippen LogP contribution in [0.25, 0.3) is 0 Å². The van der Waals surface area contributed by atoms with Crippen molar-refractivity contribution in [1.29, 1.82) is 0 Å². The van der Waals surface area contributed by atoms with Gasteiger partial charge in [-0.25, -0.2) is 9.18 Å². The molecule has 21 heavy (non-hydrogen) atoms. The van der Waals surface area contributed by atoms with Crippen LogP contribution in [0.2, 0.25) is 0 Å². The van der Waals surface area contributed by atoms with Crippen LogP contribution in [0.5, 0.6) is 0 Å². The molecule has 116 valence electrons. The number of hydrogen-bond donors (Lipinski definition) is 1. The van der Waals surface area contributed by atoms with Crippen LogP contribution in [0.3, 0.4) is 0 Å². The second kappa shape index (κ2) is 6.89. The highest BCUT2D eigenvalue weighted by molar-refractivity contribution is 5.73. The summed E-state index contributed by atoms with van der Waals surface area (Å²) in [5, 5.41) is 3.57. The number of piperidine rings is 1. The van der Waals surface area contributed by atoms with Gasteiger partial charge in [0, 0.05) is 39.3 Å². The SMILES string of the molecule is CC(NC1CCN(C(=O)N(C)C)CC1)c1ccc(F)cc1. The summed E-state index contributed by atoms with van der Waals surface area (Å²) in [4.78, 5) is 15.4. The summed E-state index contributed by atoms with van der Waals surface area (Å²) in [6.45, 7) is 3.65. The number of benzene rings is 1. The second-order valence-electron chi connectivity index (χ2n) is 5.88. The van der Waals surface area contributed by atoms with E-state index in [0.717, 1.165) is 31.5 Å². The molecule has 1 aliphatic heterocycles. The Morgan fingerprint density at radius 3 is 2.38 bits per heavy atom. The van der Waals surface area contributed by atoms with E-state index < -0.39 is 0 Å². The first-order valence-electron chi connectivity index (χ1n) is 7.45. The van der Waals surface area contributed by atoms with Crippen LogP contribution in [0.1, 0.15) is 31.4 Å². The number of likely N-dealkylation sites (tertiary alicyclic amines) is 1. The Bertz CT molecular complexity index is 467. The van der Waals surface area contributed by atoms with E-state index in [9.17, 15) is 9.18 Å². The lowest BCUT2D eigenvalue weighted by atomic mass is 10.0. The molecule has 1 unspecified atom stereocenters. The predicted molar refractivity (Wildman–Crippen MR) is 81.6 cm³/mol. The van der Waals surface area contributed by atoms with Crippen molar-refractivity contribution >= 4 is 6.03 Å². The molecule has 5 heteroatoms.